The lowest BCUT2D eigenvalue weighted by atomic mass is 10.4. The lowest BCUT2D eigenvalue weighted by Gasteiger charge is -2.04. The van der Waals surface area contributed by atoms with Crippen molar-refractivity contribution in [1.82, 2.24) is 0 Å². The summed E-state index contributed by atoms with van der Waals surface area (Å²) in [6.45, 7) is 0. The summed E-state index contributed by atoms with van der Waals surface area (Å²) < 4.78 is 10.8. The topological polar surface area (TPSA) is 49.1 Å². The first-order valence-corrected chi connectivity index (χ1v) is 4.70. The molecule has 0 aliphatic carbocycles. The van der Waals surface area contributed by atoms with Gasteiger partial charge in [0.25, 0.3) is 0 Å². The van der Waals surface area contributed by atoms with Gasteiger partial charge in [0, 0.05) is 0 Å². The Balaban J connectivity index is 3.17. The van der Waals surface area contributed by atoms with E-state index in [0.717, 1.165) is 0 Å². The predicted molar refractivity (Wildman–Crippen MR) is 47.1 cm³/mol. The molecule has 0 spiro atoms. The highest BCUT2D eigenvalue weighted by Gasteiger charge is 2.12. The predicted octanol–water partition coefficient (Wildman–Crippen LogP) is 1.97. The molecule has 0 saturated carbocycles. The van der Waals surface area contributed by atoms with Gasteiger partial charge in [-0.25, -0.2) is 0 Å². The van der Waals surface area contributed by atoms with Crippen molar-refractivity contribution in [3.05, 3.63) is 28.2 Å². The fourth-order valence-corrected chi connectivity index (χ4v) is 1.72. The first kappa shape index (κ1) is 9.16. The van der Waals surface area contributed by atoms with Gasteiger partial charge in [0.05, 0.1) is 16.4 Å². The maximum absolute atomic E-state index is 10.8. The van der Waals surface area contributed by atoms with Gasteiger partial charge in [-0.15, -0.1) is 5.14 Å². The smallest absolute Gasteiger partial charge is 0.193 e. The molecule has 1 atom stereocenters. The Hall–Kier alpha value is 0.0700. The molecule has 2 nitrogen and oxygen atoms in total. The third kappa shape index (κ3) is 2.01. The van der Waals surface area contributed by atoms with Crippen LogP contribution in [0.1, 0.15) is 0 Å². The molecule has 0 radical (unpaired) electrons. The van der Waals surface area contributed by atoms with Crippen molar-refractivity contribution >= 4 is 34.6 Å². The van der Waals surface area contributed by atoms with E-state index in [9.17, 15) is 4.55 Å². The van der Waals surface area contributed by atoms with Gasteiger partial charge in [-0.05, 0) is 12.1 Å². The summed E-state index contributed by atoms with van der Waals surface area (Å²) in [6, 6.07) is 4.83. The fourth-order valence-electron chi connectivity index (χ4n) is 0.639. The molecule has 0 aliphatic heterocycles. The number of rotatable bonds is 1. The average Bonchev–Trinajstić information content (AvgIpc) is 1.94. The van der Waals surface area contributed by atoms with Crippen LogP contribution in [-0.2, 0) is 11.4 Å². The van der Waals surface area contributed by atoms with Gasteiger partial charge in [0.1, 0.15) is 5.02 Å². The van der Waals surface area contributed by atoms with Gasteiger partial charge >= 0.3 is 0 Å². The van der Waals surface area contributed by atoms with Crippen LogP contribution < -0.4 is 5.14 Å². The summed E-state index contributed by atoms with van der Waals surface area (Å²) in [5.41, 5.74) is 0. The van der Waals surface area contributed by atoms with Crippen molar-refractivity contribution in [3.8, 4) is 0 Å². The van der Waals surface area contributed by atoms with Crippen molar-refractivity contribution in [2.75, 3.05) is 0 Å². The first-order chi connectivity index (χ1) is 5.13. The van der Waals surface area contributed by atoms with E-state index in [4.69, 9.17) is 28.3 Å². The van der Waals surface area contributed by atoms with Crippen LogP contribution in [0.3, 0.4) is 0 Å². The molecule has 0 amide bonds. The van der Waals surface area contributed by atoms with E-state index in [2.05, 4.69) is 0 Å². The molecule has 5 heteroatoms. The molecule has 60 valence electrons. The molecule has 0 fully saturated rings. The molecular formula is C6H5Cl2NOS. The highest BCUT2D eigenvalue weighted by atomic mass is 35.5. The van der Waals surface area contributed by atoms with Gasteiger partial charge in [0.15, 0.2) is 4.90 Å². The zero-order valence-electron chi connectivity index (χ0n) is 5.38. The van der Waals surface area contributed by atoms with Crippen LogP contribution in [0, 0.1) is 0 Å². The largest absolute Gasteiger partial charge is 0.593 e. The van der Waals surface area contributed by atoms with Gasteiger partial charge in [-0.2, -0.15) is 0 Å². The van der Waals surface area contributed by atoms with E-state index < -0.39 is 11.4 Å². The summed E-state index contributed by atoms with van der Waals surface area (Å²) in [5.74, 6) is 0. The van der Waals surface area contributed by atoms with E-state index >= 15 is 0 Å². The summed E-state index contributed by atoms with van der Waals surface area (Å²) in [5, 5.41) is 5.74. The van der Waals surface area contributed by atoms with Gasteiger partial charge in [0.2, 0.25) is 0 Å². The minimum absolute atomic E-state index is 0.259. The van der Waals surface area contributed by atoms with Crippen LogP contribution in [0.2, 0.25) is 10.0 Å². The fraction of sp³-hybridized carbons (Fsp3) is 0. The maximum atomic E-state index is 10.8. The molecule has 11 heavy (non-hydrogen) atoms. The van der Waals surface area contributed by atoms with Crippen LogP contribution >= 0.6 is 23.2 Å². The zero-order valence-corrected chi connectivity index (χ0v) is 7.71. The van der Waals surface area contributed by atoms with Crippen LogP contribution in [0.25, 0.3) is 0 Å². The lowest BCUT2D eigenvalue weighted by molar-refractivity contribution is 0.597. The number of hydrogen-bond donors (Lipinski definition) is 1. The van der Waals surface area contributed by atoms with Gasteiger partial charge in [-0.3, -0.25) is 0 Å². The SMILES string of the molecule is N[S@+]([O-])c1cccc(Cl)c1Cl. The number of nitrogens with two attached hydrogens (primary N) is 1. The quantitative estimate of drug-likeness (QED) is 0.720. The second kappa shape index (κ2) is 3.65. The van der Waals surface area contributed by atoms with Crippen LogP contribution in [0.4, 0.5) is 0 Å². The van der Waals surface area contributed by atoms with Crippen molar-refractivity contribution in [2.24, 2.45) is 5.14 Å². The Kier molecular flexibility index (Phi) is 3.04. The minimum atomic E-state index is -1.57. The van der Waals surface area contributed by atoms with Gasteiger partial charge in [-0.1, -0.05) is 29.3 Å². The standard InChI is InChI=1S/C6H5Cl2NOS/c7-4-2-1-3-5(6(4)8)11(9)10/h1-3H,9H2/t11-/m1/s1. The highest BCUT2D eigenvalue weighted by Crippen LogP contribution is 2.27. The lowest BCUT2D eigenvalue weighted by Crippen LogP contribution is -2.12. The Bertz CT molecular complexity index is 267. The number of benzene rings is 1. The average molecular weight is 210 g/mol. The minimum Gasteiger partial charge on any atom is -0.593 e. The van der Waals surface area contributed by atoms with Crippen molar-refractivity contribution < 1.29 is 4.55 Å². The molecule has 0 aliphatic rings. The molecule has 0 bridgehead atoms. The molecule has 0 unspecified atom stereocenters. The van der Waals surface area contributed by atoms with E-state index in [-0.39, 0.29) is 5.02 Å². The third-order valence-electron chi connectivity index (χ3n) is 1.13. The van der Waals surface area contributed by atoms with E-state index in [1.807, 2.05) is 0 Å². The van der Waals surface area contributed by atoms with E-state index in [1.165, 1.54) is 0 Å². The molecule has 0 saturated heterocycles. The second-order valence-electron chi connectivity index (χ2n) is 1.85. The summed E-state index contributed by atoms with van der Waals surface area (Å²) in [7, 11) is 0. The van der Waals surface area contributed by atoms with Crippen molar-refractivity contribution in [2.45, 2.75) is 4.90 Å². The van der Waals surface area contributed by atoms with E-state index in [1.54, 1.807) is 18.2 Å². The van der Waals surface area contributed by atoms with Crippen LogP contribution in [0.15, 0.2) is 23.1 Å². The summed E-state index contributed by atoms with van der Waals surface area (Å²) in [4.78, 5) is 0.360. The Labute approximate surface area is 77.6 Å². The number of halogens is 2. The third-order valence-corrected chi connectivity index (χ3v) is 2.84. The summed E-state index contributed by atoms with van der Waals surface area (Å²) in [6.07, 6.45) is 0. The Morgan fingerprint density at radius 3 is 2.45 bits per heavy atom. The molecule has 0 aromatic heterocycles. The molecular weight excluding hydrogens is 205 g/mol. The Morgan fingerprint density at radius 1 is 1.36 bits per heavy atom. The maximum Gasteiger partial charge on any atom is 0.193 e. The molecule has 1 aromatic carbocycles. The van der Waals surface area contributed by atoms with Crippen LogP contribution in [-0.4, -0.2) is 4.55 Å². The molecule has 2 N–H and O–H groups in total. The zero-order chi connectivity index (χ0) is 8.43. The molecule has 0 heterocycles. The first-order valence-electron chi connectivity index (χ1n) is 2.73. The van der Waals surface area contributed by atoms with Crippen molar-refractivity contribution in [3.63, 3.8) is 0 Å². The van der Waals surface area contributed by atoms with Crippen LogP contribution in [0.5, 0.6) is 0 Å². The normalized spacial score (nSPS) is 13.1. The summed E-state index contributed by atoms with van der Waals surface area (Å²) >= 11 is 9.75. The van der Waals surface area contributed by atoms with Gasteiger partial charge < -0.3 is 4.55 Å². The second-order valence-corrected chi connectivity index (χ2v) is 3.67. The van der Waals surface area contributed by atoms with Crippen molar-refractivity contribution in [1.29, 1.82) is 0 Å². The number of hydrogen-bond acceptors (Lipinski definition) is 2. The molecule has 1 aromatic rings. The monoisotopic (exact) mass is 209 g/mol. The van der Waals surface area contributed by atoms with E-state index in [0.29, 0.717) is 9.92 Å². The Morgan fingerprint density at radius 2 is 2.00 bits per heavy atom. The molecule has 1 rings (SSSR count). The highest BCUT2D eigenvalue weighted by molar-refractivity contribution is 7.89.